The zero-order valence-electron chi connectivity index (χ0n) is 8.27. The fourth-order valence-electron chi connectivity index (χ4n) is 1.90. The van der Waals surface area contributed by atoms with Gasteiger partial charge in [0.25, 0.3) is 0 Å². The lowest BCUT2D eigenvalue weighted by molar-refractivity contribution is 0.0840. The van der Waals surface area contributed by atoms with E-state index in [9.17, 15) is 4.79 Å². The Balaban J connectivity index is 2.24. The van der Waals surface area contributed by atoms with Crippen molar-refractivity contribution in [2.24, 2.45) is 7.05 Å². The van der Waals surface area contributed by atoms with Gasteiger partial charge in [-0.2, -0.15) is 5.10 Å². The smallest absolute Gasteiger partial charge is 0.153 e. The molecule has 0 atom stereocenters. The lowest BCUT2D eigenvalue weighted by Crippen LogP contribution is -2.15. The Bertz CT molecular complexity index is 327. The number of rotatable bonds is 2. The predicted molar refractivity (Wildman–Crippen MR) is 51.4 cm³/mol. The second-order valence-corrected chi connectivity index (χ2v) is 3.65. The molecule has 0 saturated carbocycles. The van der Waals surface area contributed by atoms with Gasteiger partial charge in [0.1, 0.15) is 0 Å². The number of hydrogen-bond acceptors (Lipinski definition) is 3. The van der Waals surface area contributed by atoms with Gasteiger partial charge in [-0.25, -0.2) is 0 Å². The van der Waals surface area contributed by atoms with Gasteiger partial charge in [-0.15, -0.1) is 0 Å². The molecule has 0 amide bonds. The zero-order chi connectivity index (χ0) is 9.97. The zero-order valence-corrected chi connectivity index (χ0v) is 8.27. The van der Waals surface area contributed by atoms with Gasteiger partial charge in [0.2, 0.25) is 0 Å². The van der Waals surface area contributed by atoms with Crippen LogP contribution in [0.5, 0.6) is 0 Å². The van der Waals surface area contributed by atoms with Crippen molar-refractivity contribution < 1.29 is 9.53 Å². The first kappa shape index (κ1) is 9.40. The molecule has 76 valence electrons. The molecule has 0 unspecified atom stereocenters. The van der Waals surface area contributed by atoms with Crippen LogP contribution in [-0.4, -0.2) is 29.3 Å². The Morgan fingerprint density at radius 1 is 1.57 bits per heavy atom. The van der Waals surface area contributed by atoms with Crippen LogP contribution in [0.15, 0.2) is 6.20 Å². The molecule has 4 nitrogen and oxygen atoms in total. The van der Waals surface area contributed by atoms with Gasteiger partial charge >= 0.3 is 0 Å². The highest BCUT2D eigenvalue weighted by Gasteiger charge is 2.21. The Kier molecular flexibility index (Phi) is 2.63. The molecular weight excluding hydrogens is 180 g/mol. The largest absolute Gasteiger partial charge is 0.381 e. The first-order chi connectivity index (χ1) is 6.81. The number of aromatic nitrogens is 2. The van der Waals surface area contributed by atoms with Gasteiger partial charge in [0.05, 0.1) is 11.3 Å². The van der Waals surface area contributed by atoms with Crippen LogP contribution in [0.25, 0.3) is 0 Å². The molecular formula is C10H14N2O2. The van der Waals surface area contributed by atoms with Crippen molar-refractivity contribution in [2.45, 2.75) is 18.8 Å². The van der Waals surface area contributed by atoms with Crippen molar-refractivity contribution in [3.05, 3.63) is 17.5 Å². The topological polar surface area (TPSA) is 44.1 Å². The number of aryl methyl sites for hydroxylation is 1. The summed E-state index contributed by atoms with van der Waals surface area (Å²) in [6.45, 7) is 1.55. The van der Waals surface area contributed by atoms with Gasteiger partial charge < -0.3 is 4.74 Å². The average Bonchev–Trinajstić information content (AvgIpc) is 2.61. The Labute approximate surface area is 82.9 Å². The lowest BCUT2D eigenvalue weighted by atomic mass is 9.94. The molecule has 14 heavy (non-hydrogen) atoms. The second-order valence-electron chi connectivity index (χ2n) is 3.65. The van der Waals surface area contributed by atoms with Crippen LogP contribution in [0.3, 0.4) is 0 Å². The van der Waals surface area contributed by atoms with Gasteiger partial charge in [0.15, 0.2) is 6.29 Å². The second kappa shape index (κ2) is 3.92. The maximum Gasteiger partial charge on any atom is 0.153 e. The number of aldehydes is 1. The van der Waals surface area contributed by atoms with E-state index in [1.807, 2.05) is 7.05 Å². The standard InChI is InChI=1S/C10H14N2O2/c1-12-6-9(7-13)10(11-12)8-2-4-14-5-3-8/h6-8H,2-5H2,1H3. The number of carbonyl (C=O) groups excluding carboxylic acids is 1. The molecule has 0 bridgehead atoms. The molecule has 0 N–H and O–H groups in total. The summed E-state index contributed by atoms with van der Waals surface area (Å²) in [5.74, 6) is 0.394. The number of ether oxygens (including phenoxy) is 1. The first-order valence-electron chi connectivity index (χ1n) is 4.87. The summed E-state index contributed by atoms with van der Waals surface area (Å²) in [5, 5.41) is 4.34. The van der Waals surface area contributed by atoms with Crippen molar-refractivity contribution in [3.8, 4) is 0 Å². The summed E-state index contributed by atoms with van der Waals surface area (Å²) in [4.78, 5) is 10.8. The van der Waals surface area contributed by atoms with E-state index >= 15 is 0 Å². The number of hydrogen-bond donors (Lipinski definition) is 0. The quantitative estimate of drug-likeness (QED) is 0.663. The minimum atomic E-state index is 0.394. The molecule has 1 aliphatic heterocycles. The molecule has 2 rings (SSSR count). The van der Waals surface area contributed by atoms with Crippen LogP contribution >= 0.6 is 0 Å². The van der Waals surface area contributed by atoms with Crippen molar-refractivity contribution in [1.29, 1.82) is 0 Å². The van der Waals surface area contributed by atoms with Gasteiger partial charge in [-0.1, -0.05) is 0 Å². The fraction of sp³-hybridized carbons (Fsp3) is 0.600. The maximum atomic E-state index is 10.8. The SMILES string of the molecule is Cn1cc(C=O)c(C2CCOCC2)n1. The Morgan fingerprint density at radius 2 is 2.29 bits per heavy atom. The third-order valence-corrected chi connectivity index (χ3v) is 2.62. The molecule has 0 spiro atoms. The monoisotopic (exact) mass is 194 g/mol. The third kappa shape index (κ3) is 1.70. The molecule has 4 heteroatoms. The van der Waals surface area contributed by atoms with Crippen LogP contribution in [-0.2, 0) is 11.8 Å². The van der Waals surface area contributed by atoms with Crippen LogP contribution in [0, 0.1) is 0 Å². The summed E-state index contributed by atoms with van der Waals surface area (Å²) >= 11 is 0. The summed E-state index contributed by atoms with van der Waals surface area (Å²) in [6, 6.07) is 0. The van der Waals surface area contributed by atoms with E-state index in [-0.39, 0.29) is 0 Å². The van der Waals surface area contributed by atoms with Gasteiger partial charge in [-0.3, -0.25) is 9.48 Å². The summed E-state index contributed by atoms with van der Waals surface area (Å²) in [7, 11) is 1.84. The van der Waals surface area contributed by atoms with E-state index in [1.165, 1.54) is 0 Å². The molecule has 1 aromatic rings. The molecule has 1 aromatic heterocycles. The molecule has 1 aliphatic rings. The van der Waals surface area contributed by atoms with E-state index in [2.05, 4.69) is 5.10 Å². The molecule has 2 heterocycles. The fourth-order valence-corrected chi connectivity index (χ4v) is 1.90. The van der Waals surface area contributed by atoms with Gasteiger partial charge in [0, 0.05) is 32.4 Å². The van der Waals surface area contributed by atoms with E-state index in [0.717, 1.165) is 43.6 Å². The van der Waals surface area contributed by atoms with Crippen LogP contribution in [0.1, 0.15) is 34.8 Å². The molecule has 0 aromatic carbocycles. The normalized spacial score (nSPS) is 18.4. The lowest BCUT2D eigenvalue weighted by Gasteiger charge is -2.20. The van der Waals surface area contributed by atoms with Gasteiger partial charge in [-0.05, 0) is 12.8 Å². The van der Waals surface area contributed by atoms with E-state index in [0.29, 0.717) is 5.92 Å². The highest BCUT2D eigenvalue weighted by molar-refractivity contribution is 5.76. The molecule has 0 radical (unpaired) electrons. The van der Waals surface area contributed by atoms with E-state index in [1.54, 1.807) is 10.9 Å². The third-order valence-electron chi connectivity index (χ3n) is 2.62. The first-order valence-corrected chi connectivity index (χ1v) is 4.87. The molecule has 1 fully saturated rings. The summed E-state index contributed by atoms with van der Waals surface area (Å²) < 4.78 is 6.98. The Morgan fingerprint density at radius 3 is 2.93 bits per heavy atom. The van der Waals surface area contributed by atoms with Crippen LogP contribution in [0.2, 0.25) is 0 Å². The number of carbonyl (C=O) groups is 1. The van der Waals surface area contributed by atoms with Crippen molar-refractivity contribution in [3.63, 3.8) is 0 Å². The highest BCUT2D eigenvalue weighted by atomic mass is 16.5. The van der Waals surface area contributed by atoms with Crippen LogP contribution < -0.4 is 0 Å². The van der Waals surface area contributed by atoms with Crippen molar-refractivity contribution >= 4 is 6.29 Å². The molecule has 1 saturated heterocycles. The average molecular weight is 194 g/mol. The Hall–Kier alpha value is -1.16. The van der Waals surface area contributed by atoms with Crippen molar-refractivity contribution in [2.75, 3.05) is 13.2 Å². The van der Waals surface area contributed by atoms with Crippen molar-refractivity contribution in [1.82, 2.24) is 9.78 Å². The minimum Gasteiger partial charge on any atom is -0.381 e. The predicted octanol–water partition coefficient (Wildman–Crippen LogP) is 1.13. The van der Waals surface area contributed by atoms with E-state index in [4.69, 9.17) is 4.74 Å². The maximum absolute atomic E-state index is 10.8. The summed E-state index contributed by atoms with van der Waals surface area (Å²) in [6.07, 6.45) is 4.60. The molecule has 0 aliphatic carbocycles. The highest BCUT2D eigenvalue weighted by Crippen LogP contribution is 2.27. The minimum absolute atomic E-state index is 0.394. The van der Waals surface area contributed by atoms with E-state index < -0.39 is 0 Å². The summed E-state index contributed by atoms with van der Waals surface area (Å²) in [5.41, 5.74) is 1.66. The van der Waals surface area contributed by atoms with Crippen LogP contribution in [0.4, 0.5) is 0 Å². The number of nitrogens with zero attached hydrogens (tertiary/aromatic N) is 2.